The Labute approximate surface area is 44.6 Å². The van der Waals surface area contributed by atoms with E-state index >= 15 is 0 Å². The summed E-state index contributed by atoms with van der Waals surface area (Å²) in [5.41, 5.74) is 5.72. The lowest BCUT2D eigenvalue weighted by Gasteiger charge is -2.04. The average molecular weight is 100 g/mol. The van der Waals surface area contributed by atoms with Crippen LogP contribution in [0.3, 0.4) is 0 Å². The van der Waals surface area contributed by atoms with Gasteiger partial charge in [0.25, 0.3) is 0 Å². The maximum atomic E-state index is 3.58. The maximum Gasteiger partial charge on any atom is 0.0361 e. The molecule has 0 saturated heterocycles. The van der Waals surface area contributed by atoms with E-state index in [9.17, 15) is 0 Å². The fourth-order valence-electron chi connectivity index (χ4n) is 0.287. The van der Waals surface area contributed by atoms with Crippen molar-refractivity contribution in [1.29, 1.82) is 0 Å². The van der Waals surface area contributed by atoms with Crippen LogP contribution in [0.4, 0.5) is 0 Å². The second-order valence-corrected chi connectivity index (χ2v) is 1.42. The summed E-state index contributed by atoms with van der Waals surface area (Å²) in [6.07, 6.45) is 1.83. The van der Waals surface area contributed by atoms with Crippen molar-refractivity contribution in [3.05, 3.63) is 12.7 Å². The average Bonchev–Trinajstić information content (AvgIpc) is 1.68. The van der Waals surface area contributed by atoms with Crippen LogP contribution in [0.2, 0.25) is 0 Å². The van der Waals surface area contributed by atoms with E-state index in [0.717, 1.165) is 0 Å². The summed E-state index contributed by atoms with van der Waals surface area (Å²) in [7, 11) is 1.83. The van der Waals surface area contributed by atoms with E-state index in [4.69, 9.17) is 0 Å². The number of nitrogens with one attached hydrogen (secondary N) is 2. The van der Waals surface area contributed by atoms with Crippen LogP contribution >= 0.6 is 0 Å². The number of hydrazine groups is 1. The lowest BCUT2D eigenvalue weighted by molar-refractivity contribution is 0.553. The minimum atomic E-state index is 0.352. The summed E-state index contributed by atoms with van der Waals surface area (Å²) >= 11 is 0. The lowest BCUT2D eigenvalue weighted by Crippen LogP contribution is -2.34. The molecule has 0 amide bonds. The van der Waals surface area contributed by atoms with Gasteiger partial charge in [-0.05, 0) is 14.0 Å². The summed E-state index contributed by atoms with van der Waals surface area (Å²) in [5, 5.41) is 0. The van der Waals surface area contributed by atoms with Crippen LogP contribution in [-0.2, 0) is 0 Å². The lowest BCUT2D eigenvalue weighted by atomic mass is 10.4. The molecule has 0 aromatic heterocycles. The molecule has 0 aliphatic rings. The van der Waals surface area contributed by atoms with Crippen molar-refractivity contribution in [3.8, 4) is 0 Å². The van der Waals surface area contributed by atoms with E-state index in [-0.39, 0.29) is 0 Å². The minimum absolute atomic E-state index is 0.352. The zero-order chi connectivity index (χ0) is 5.70. The highest BCUT2D eigenvalue weighted by Gasteiger charge is 1.85. The topological polar surface area (TPSA) is 24.1 Å². The molecule has 0 bridgehead atoms. The molecule has 0 aliphatic carbocycles. The third kappa shape index (κ3) is 3.49. The number of hydrogen-bond acceptors (Lipinski definition) is 2. The van der Waals surface area contributed by atoms with Crippen molar-refractivity contribution in [2.45, 2.75) is 13.0 Å². The number of rotatable bonds is 3. The zero-order valence-corrected chi connectivity index (χ0v) is 4.86. The van der Waals surface area contributed by atoms with E-state index in [2.05, 4.69) is 17.4 Å². The highest BCUT2D eigenvalue weighted by molar-refractivity contribution is 4.78. The van der Waals surface area contributed by atoms with Gasteiger partial charge < -0.3 is 0 Å². The summed E-state index contributed by atoms with van der Waals surface area (Å²) < 4.78 is 0. The normalized spacial score (nSPS) is 13.4. The molecule has 42 valence electrons. The Balaban J connectivity index is 2.98. The van der Waals surface area contributed by atoms with Gasteiger partial charge in [-0.2, -0.15) is 0 Å². The summed E-state index contributed by atoms with van der Waals surface area (Å²) in [5.74, 6) is 0. The van der Waals surface area contributed by atoms with Crippen LogP contribution in [-0.4, -0.2) is 13.1 Å². The summed E-state index contributed by atoms with van der Waals surface area (Å²) in [6, 6.07) is 0.352. The molecular formula is C5H12N2. The number of hydrogen-bond donors (Lipinski definition) is 2. The molecule has 0 saturated carbocycles. The van der Waals surface area contributed by atoms with E-state index in [1.807, 2.05) is 20.0 Å². The molecule has 7 heavy (non-hydrogen) atoms. The van der Waals surface area contributed by atoms with Gasteiger partial charge >= 0.3 is 0 Å². The Morgan fingerprint density at radius 1 is 1.71 bits per heavy atom. The molecule has 0 heterocycles. The van der Waals surface area contributed by atoms with Crippen molar-refractivity contribution in [3.63, 3.8) is 0 Å². The Hall–Kier alpha value is -0.340. The molecule has 0 rings (SSSR count). The third-order valence-corrected chi connectivity index (χ3v) is 0.726. The smallest absolute Gasteiger partial charge is 0.0361 e. The molecule has 0 unspecified atom stereocenters. The minimum Gasteiger partial charge on any atom is -0.260 e. The second kappa shape index (κ2) is 3.84. The molecular weight excluding hydrogens is 88.1 g/mol. The molecule has 1 atom stereocenters. The van der Waals surface area contributed by atoms with Crippen LogP contribution in [0.5, 0.6) is 0 Å². The molecule has 0 fully saturated rings. The first kappa shape index (κ1) is 6.66. The monoisotopic (exact) mass is 100 g/mol. The SMILES string of the molecule is C=C[C@@H](C)NNC. The highest BCUT2D eigenvalue weighted by Crippen LogP contribution is 1.74. The van der Waals surface area contributed by atoms with Gasteiger partial charge in [-0.1, -0.05) is 6.08 Å². The predicted molar refractivity (Wildman–Crippen MR) is 31.9 cm³/mol. The van der Waals surface area contributed by atoms with Crippen LogP contribution in [0.25, 0.3) is 0 Å². The first-order chi connectivity index (χ1) is 3.31. The van der Waals surface area contributed by atoms with Gasteiger partial charge in [0.15, 0.2) is 0 Å². The predicted octanol–water partition coefficient (Wildman–Crippen LogP) is 0.285. The Bertz CT molecular complexity index is 52.0. The van der Waals surface area contributed by atoms with E-state index < -0.39 is 0 Å². The van der Waals surface area contributed by atoms with Gasteiger partial charge in [0.2, 0.25) is 0 Å². The van der Waals surface area contributed by atoms with Crippen molar-refractivity contribution < 1.29 is 0 Å². The van der Waals surface area contributed by atoms with Gasteiger partial charge in [-0.3, -0.25) is 10.9 Å². The molecule has 0 aromatic carbocycles. The Morgan fingerprint density at radius 2 is 2.29 bits per heavy atom. The molecule has 0 spiro atoms. The first-order valence-electron chi connectivity index (χ1n) is 2.36. The van der Waals surface area contributed by atoms with Gasteiger partial charge in [0.1, 0.15) is 0 Å². The quantitative estimate of drug-likeness (QED) is 0.393. The van der Waals surface area contributed by atoms with Crippen molar-refractivity contribution in [2.24, 2.45) is 0 Å². The standard InChI is InChI=1S/C5H12N2/c1-4-5(2)7-6-3/h4-7H,1H2,2-3H3/t5-/m1/s1. The van der Waals surface area contributed by atoms with Crippen molar-refractivity contribution >= 4 is 0 Å². The third-order valence-electron chi connectivity index (χ3n) is 0.726. The molecule has 0 aromatic rings. The highest BCUT2D eigenvalue weighted by atomic mass is 15.3. The van der Waals surface area contributed by atoms with Gasteiger partial charge in [-0.15, -0.1) is 6.58 Å². The van der Waals surface area contributed by atoms with Crippen molar-refractivity contribution in [1.82, 2.24) is 10.9 Å². The molecule has 0 radical (unpaired) electrons. The zero-order valence-electron chi connectivity index (χ0n) is 4.86. The van der Waals surface area contributed by atoms with Gasteiger partial charge in [0, 0.05) is 6.04 Å². The second-order valence-electron chi connectivity index (χ2n) is 1.42. The molecule has 0 aliphatic heterocycles. The van der Waals surface area contributed by atoms with E-state index in [1.54, 1.807) is 0 Å². The van der Waals surface area contributed by atoms with Gasteiger partial charge in [-0.25, -0.2) is 0 Å². The summed E-state index contributed by atoms with van der Waals surface area (Å²) in [6.45, 7) is 5.59. The molecule has 2 N–H and O–H groups in total. The van der Waals surface area contributed by atoms with Crippen LogP contribution in [0.1, 0.15) is 6.92 Å². The fourth-order valence-corrected chi connectivity index (χ4v) is 0.287. The fraction of sp³-hybridized carbons (Fsp3) is 0.600. The Kier molecular flexibility index (Phi) is 3.65. The Morgan fingerprint density at radius 3 is 2.43 bits per heavy atom. The van der Waals surface area contributed by atoms with Crippen LogP contribution in [0, 0.1) is 0 Å². The molecule has 2 nitrogen and oxygen atoms in total. The van der Waals surface area contributed by atoms with E-state index in [1.165, 1.54) is 0 Å². The largest absolute Gasteiger partial charge is 0.260 e. The maximum absolute atomic E-state index is 3.58. The van der Waals surface area contributed by atoms with E-state index in [0.29, 0.717) is 6.04 Å². The van der Waals surface area contributed by atoms with Crippen LogP contribution in [0.15, 0.2) is 12.7 Å². The molecule has 2 heteroatoms. The first-order valence-corrected chi connectivity index (χ1v) is 2.36. The van der Waals surface area contributed by atoms with Crippen molar-refractivity contribution in [2.75, 3.05) is 7.05 Å². The van der Waals surface area contributed by atoms with Gasteiger partial charge in [0.05, 0.1) is 0 Å². The van der Waals surface area contributed by atoms with Crippen LogP contribution < -0.4 is 10.9 Å². The summed E-state index contributed by atoms with van der Waals surface area (Å²) in [4.78, 5) is 0.